The number of aromatic nitrogens is 4. The molecule has 0 amide bonds. The van der Waals surface area contributed by atoms with Gasteiger partial charge in [-0.2, -0.15) is 0 Å². The van der Waals surface area contributed by atoms with Crippen molar-refractivity contribution in [1.29, 1.82) is 0 Å². The Hall–Kier alpha value is -5.17. The van der Waals surface area contributed by atoms with Gasteiger partial charge in [-0.15, -0.1) is 0 Å². The summed E-state index contributed by atoms with van der Waals surface area (Å²) in [6.07, 6.45) is 9.32. The number of rotatable bonds is 7. The summed E-state index contributed by atoms with van der Waals surface area (Å²) in [5.74, 6) is 1.66. The third kappa shape index (κ3) is 4.97. The average molecular weight is 526 g/mol. The van der Waals surface area contributed by atoms with Crippen molar-refractivity contribution in [2.75, 3.05) is 11.5 Å². The zero-order chi connectivity index (χ0) is 27.6. The van der Waals surface area contributed by atoms with Gasteiger partial charge in [0.15, 0.2) is 11.5 Å². The Kier molecular flexibility index (Phi) is 6.62. The molecule has 7 nitrogen and oxygen atoms in total. The molecular formula is C33H31N7. The molecule has 5 N–H and O–H groups in total. The molecular weight excluding hydrogens is 494 g/mol. The SMILES string of the molecule is C=C(NCc1ccc(-n2c(-c3cccnc3N)nc3ccc(C4=CCC(C)C=C4)nc32)cc1)c1cccc(N)c1. The standard InChI is InChI=1S/C33H31N7/c1-21-8-12-24(13-9-21)29-16-17-30-33(38-29)40(32(39-30)28-7-4-18-36-31(28)35)27-14-10-23(11-15-27)20-37-22(2)25-5-3-6-26(34)19-25/h3-8,10-19,21,37H,2,9,20,34H2,1H3,(H2,35,36). The number of hydrogen-bond acceptors (Lipinski definition) is 6. The molecule has 3 heterocycles. The minimum Gasteiger partial charge on any atom is -0.399 e. The molecule has 0 bridgehead atoms. The Morgan fingerprint density at radius 1 is 1.02 bits per heavy atom. The van der Waals surface area contributed by atoms with Gasteiger partial charge in [-0.05, 0) is 77.6 Å². The molecule has 0 aliphatic heterocycles. The van der Waals surface area contributed by atoms with Crippen LogP contribution in [0.4, 0.5) is 11.5 Å². The Balaban J connectivity index is 1.36. The van der Waals surface area contributed by atoms with Gasteiger partial charge in [0, 0.05) is 29.8 Å². The van der Waals surface area contributed by atoms with Gasteiger partial charge in [0.05, 0.1) is 11.3 Å². The predicted molar refractivity (Wildman–Crippen MR) is 164 cm³/mol. The Labute approximate surface area is 233 Å². The van der Waals surface area contributed by atoms with Crippen LogP contribution in [0.2, 0.25) is 0 Å². The maximum Gasteiger partial charge on any atom is 0.165 e. The number of benzene rings is 2. The topological polar surface area (TPSA) is 108 Å². The lowest BCUT2D eigenvalue weighted by atomic mass is 9.97. The van der Waals surface area contributed by atoms with Gasteiger partial charge in [0.2, 0.25) is 0 Å². The molecule has 0 spiro atoms. The maximum absolute atomic E-state index is 6.30. The van der Waals surface area contributed by atoms with E-state index in [1.165, 1.54) is 0 Å². The summed E-state index contributed by atoms with van der Waals surface area (Å²) in [4.78, 5) is 14.3. The van der Waals surface area contributed by atoms with Crippen LogP contribution >= 0.6 is 0 Å². The third-order valence-electron chi connectivity index (χ3n) is 7.13. The number of pyridine rings is 2. The van der Waals surface area contributed by atoms with Gasteiger partial charge >= 0.3 is 0 Å². The number of fused-ring (bicyclic) bond motifs is 1. The lowest BCUT2D eigenvalue weighted by Gasteiger charge is -2.14. The molecule has 0 saturated carbocycles. The molecule has 0 radical (unpaired) electrons. The van der Waals surface area contributed by atoms with Crippen LogP contribution in [0.15, 0.2) is 104 Å². The van der Waals surface area contributed by atoms with E-state index in [2.05, 4.69) is 70.9 Å². The molecule has 1 aliphatic rings. The summed E-state index contributed by atoms with van der Waals surface area (Å²) in [7, 11) is 0. The molecule has 198 valence electrons. The number of allylic oxidation sites excluding steroid dienone is 4. The Bertz CT molecular complexity index is 1780. The fourth-order valence-electron chi connectivity index (χ4n) is 4.87. The molecule has 0 saturated heterocycles. The molecule has 6 rings (SSSR count). The van der Waals surface area contributed by atoms with Crippen LogP contribution in [-0.2, 0) is 6.54 Å². The second-order valence-electron chi connectivity index (χ2n) is 10.1. The smallest absolute Gasteiger partial charge is 0.165 e. The van der Waals surface area contributed by atoms with Crippen LogP contribution in [0, 0.1) is 5.92 Å². The van der Waals surface area contributed by atoms with E-state index >= 15 is 0 Å². The van der Waals surface area contributed by atoms with Crippen molar-refractivity contribution in [3.8, 4) is 17.1 Å². The van der Waals surface area contributed by atoms with E-state index in [1.54, 1.807) is 6.20 Å². The molecule has 7 heteroatoms. The quantitative estimate of drug-likeness (QED) is 0.213. The van der Waals surface area contributed by atoms with Crippen molar-refractivity contribution in [3.05, 3.63) is 121 Å². The highest BCUT2D eigenvalue weighted by Gasteiger charge is 2.19. The molecule has 1 unspecified atom stereocenters. The summed E-state index contributed by atoms with van der Waals surface area (Å²) in [6.45, 7) is 7.01. The molecule has 40 heavy (non-hydrogen) atoms. The van der Waals surface area contributed by atoms with Gasteiger partial charge in [0.1, 0.15) is 11.3 Å². The molecule has 1 aliphatic carbocycles. The number of imidazole rings is 1. The molecule has 2 aromatic carbocycles. The maximum atomic E-state index is 6.30. The summed E-state index contributed by atoms with van der Waals surface area (Å²) in [5, 5.41) is 3.40. The van der Waals surface area contributed by atoms with Crippen molar-refractivity contribution in [2.45, 2.75) is 19.9 Å². The van der Waals surface area contributed by atoms with Gasteiger partial charge in [-0.25, -0.2) is 15.0 Å². The van der Waals surface area contributed by atoms with Crippen LogP contribution in [0.1, 0.15) is 30.2 Å². The van der Waals surface area contributed by atoms with Crippen molar-refractivity contribution in [3.63, 3.8) is 0 Å². The number of anilines is 2. The third-order valence-corrected chi connectivity index (χ3v) is 7.13. The zero-order valence-electron chi connectivity index (χ0n) is 22.4. The summed E-state index contributed by atoms with van der Waals surface area (Å²) < 4.78 is 2.06. The highest BCUT2D eigenvalue weighted by molar-refractivity contribution is 5.85. The Morgan fingerprint density at radius 3 is 2.62 bits per heavy atom. The minimum atomic E-state index is 0.423. The lowest BCUT2D eigenvalue weighted by Crippen LogP contribution is -2.11. The van der Waals surface area contributed by atoms with Crippen molar-refractivity contribution < 1.29 is 0 Å². The monoisotopic (exact) mass is 525 g/mol. The number of hydrogen-bond donors (Lipinski definition) is 3. The summed E-state index contributed by atoms with van der Waals surface area (Å²) in [6, 6.07) is 23.9. The first kappa shape index (κ1) is 25.1. The van der Waals surface area contributed by atoms with E-state index in [-0.39, 0.29) is 0 Å². The number of nitrogens with two attached hydrogens (primary N) is 2. The number of nitrogen functional groups attached to an aromatic ring is 2. The zero-order valence-corrected chi connectivity index (χ0v) is 22.4. The van der Waals surface area contributed by atoms with Gasteiger partial charge < -0.3 is 16.8 Å². The number of nitrogens with one attached hydrogen (secondary N) is 1. The van der Waals surface area contributed by atoms with Crippen LogP contribution in [0.3, 0.4) is 0 Å². The fraction of sp³-hybridized carbons (Fsp3) is 0.121. The lowest BCUT2D eigenvalue weighted by molar-refractivity contribution is 0.738. The number of nitrogens with zero attached hydrogens (tertiary/aromatic N) is 4. The largest absolute Gasteiger partial charge is 0.399 e. The van der Waals surface area contributed by atoms with Crippen molar-refractivity contribution >= 4 is 33.9 Å². The fourth-order valence-corrected chi connectivity index (χ4v) is 4.87. The predicted octanol–water partition coefficient (Wildman–Crippen LogP) is 6.39. The van der Waals surface area contributed by atoms with Gasteiger partial charge in [0.25, 0.3) is 0 Å². The van der Waals surface area contributed by atoms with Crippen LogP contribution in [0.25, 0.3) is 39.5 Å². The minimum absolute atomic E-state index is 0.423. The summed E-state index contributed by atoms with van der Waals surface area (Å²) >= 11 is 0. The normalized spacial score (nSPS) is 14.7. The van der Waals surface area contributed by atoms with E-state index in [4.69, 9.17) is 21.4 Å². The second kappa shape index (κ2) is 10.5. The van der Waals surface area contributed by atoms with Crippen LogP contribution in [-0.4, -0.2) is 19.5 Å². The highest BCUT2D eigenvalue weighted by atomic mass is 15.1. The van der Waals surface area contributed by atoms with Gasteiger partial charge in [-0.1, -0.05) is 56.0 Å². The van der Waals surface area contributed by atoms with E-state index < -0.39 is 0 Å². The first-order valence-electron chi connectivity index (χ1n) is 13.3. The van der Waals surface area contributed by atoms with Crippen LogP contribution < -0.4 is 16.8 Å². The molecule has 5 aromatic rings. The molecule has 0 fully saturated rings. The van der Waals surface area contributed by atoms with Crippen molar-refractivity contribution in [1.82, 2.24) is 24.8 Å². The summed E-state index contributed by atoms with van der Waals surface area (Å²) in [5.41, 5.74) is 21.1. The van der Waals surface area contributed by atoms with Crippen LogP contribution in [0.5, 0.6) is 0 Å². The molecule has 3 aromatic heterocycles. The first-order chi connectivity index (χ1) is 19.5. The van der Waals surface area contributed by atoms with E-state index in [0.29, 0.717) is 29.8 Å². The van der Waals surface area contributed by atoms with E-state index in [0.717, 1.165) is 56.9 Å². The van der Waals surface area contributed by atoms with E-state index in [9.17, 15) is 0 Å². The second-order valence-corrected chi connectivity index (χ2v) is 10.1. The average Bonchev–Trinajstić information content (AvgIpc) is 3.35. The van der Waals surface area contributed by atoms with Crippen molar-refractivity contribution in [2.24, 2.45) is 5.92 Å². The van der Waals surface area contributed by atoms with E-state index in [1.807, 2.05) is 48.5 Å². The highest BCUT2D eigenvalue weighted by Crippen LogP contribution is 2.32. The molecule has 1 atom stereocenters. The van der Waals surface area contributed by atoms with Gasteiger partial charge in [-0.3, -0.25) is 4.57 Å². The first-order valence-corrected chi connectivity index (χ1v) is 13.3. The Morgan fingerprint density at radius 2 is 1.88 bits per heavy atom.